The monoisotopic (exact) mass is 357 g/mol. The van der Waals surface area contributed by atoms with Crippen LogP contribution in [-0.2, 0) is 4.79 Å². The number of hydrogen-bond donors (Lipinski definition) is 0. The maximum Gasteiger partial charge on any atom is 0.338 e. The molecule has 1 aromatic heterocycles. The third kappa shape index (κ3) is 4.08. The first-order chi connectivity index (χ1) is 12.5. The molecule has 0 saturated carbocycles. The van der Waals surface area contributed by atoms with Gasteiger partial charge in [0.05, 0.1) is 4.92 Å². The zero-order valence-electron chi connectivity index (χ0n) is 14.4. The molecule has 0 N–H and O–H groups in total. The topological polar surface area (TPSA) is 98.7 Å². The van der Waals surface area contributed by atoms with Crippen LogP contribution in [0.25, 0.3) is 12.2 Å². The number of aromatic nitrogens is 1. The van der Waals surface area contributed by atoms with Gasteiger partial charge in [-0.25, -0.2) is 0 Å². The highest BCUT2D eigenvalue weighted by molar-refractivity contribution is 5.78. The van der Waals surface area contributed by atoms with E-state index in [2.05, 4.69) is 5.16 Å². The summed E-state index contributed by atoms with van der Waals surface area (Å²) in [6.07, 6.45) is 5.29. The molecule has 0 aliphatic carbocycles. The van der Waals surface area contributed by atoms with Gasteiger partial charge in [-0.3, -0.25) is 14.9 Å². The van der Waals surface area contributed by atoms with E-state index in [1.807, 2.05) is 4.90 Å². The molecule has 0 radical (unpaired) electrons. The van der Waals surface area contributed by atoms with E-state index in [1.54, 1.807) is 30.3 Å². The Bertz CT molecular complexity index is 820. The van der Waals surface area contributed by atoms with Crippen molar-refractivity contribution in [1.29, 1.82) is 0 Å². The predicted octanol–water partition coefficient (Wildman–Crippen LogP) is 3.06. The Balaban J connectivity index is 1.59. The van der Waals surface area contributed by atoms with Crippen molar-refractivity contribution in [3.8, 4) is 5.75 Å². The number of hydrogen-bond acceptors (Lipinski definition) is 6. The molecule has 3 rings (SSSR count). The molecule has 0 spiro atoms. The Morgan fingerprint density at radius 3 is 2.65 bits per heavy atom. The van der Waals surface area contributed by atoms with Crippen LogP contribution in [0.2, 0.25) is 0 Å². The Morgan fingerprint density at radius 1 is 1.31 bits per heavy atom. The first-order valence-electron chi connectivity index (χ1n) is 8.34. The van der Waals surface area contributed by atoms with E-state index in [-0.39, 0.29) is 29.7 Å². The standard InChI is InChI=1S/C18H19N3O5/c1-13-18(21(23)24)16(26-19-13)9-6-14-4-7-15(8-5-14)25-12-17(22)20-10-2-3-11-20/h4-9H,2-3,10-12H2,1H3. The summed E-state index contributed by atoms with van der Waals surface area (Å²) in [5.41, 5.74) is 0.911. The minimum atomic E-state index is -0.514. The van der Waals surface area contributed by atoms with Crippen LogP contribution in [0.15, 0.2) is 28.8 Å². The van der Waals surface area contributed by atoms with Gasteiger partial charge in [0, 0.05) is 13.1 Å². The largest absolute Gasteiger partial charge is 0.484 e. The second kappa shape index (κ2) is 7.81. The molecular formula is C18H19N3O5. The number of carbonyl (C=O) groups is 1. The Hall–Kier alpha value is -3.16. The highest BCUT2D eigenvalue weighted by Crippen LogP contribution is 2.25. The molecule has 0 bridgehead atoms. The van der Waals surface area contributed by atoms with Crippen LogP contribution in [0.4, 0.5) is 5.69 Å². The quantitative estimate of drug-likeness (QED) is 0.582. The molecule has 1 amide bonds. The van der Waals surface area contributed by atoms with E-state index in [0.717, 1.165) is 31.5 Å². The van der Waals surface area contributed by atoms with E-state index in [9.17, 15) is 14.9 Å². The van der Waals surface area contributed by atoms with Crippen LogP contribution in [0.3, 0.4) is 0 Å². The van der Waals surface area contributed by atoms with Crippen molar-refractivity contribution < 1.29 is 19.0 Å². The summed E-state index contributed by atoms with van der Waals surface area (Å²) in [5, 5.41) is 14.6. The van der Waals surface area contributed by atoms with E-state index in [1.165, 1.54) is 13.0 Å². The summed E-state index contributed by atoms with van der Waals surface area (Å²) in [6, 6.07) is 7.08. The summed E-state index contributed by atoms with van der Waals surface area (Å²) in [4.78, 5) is 24.3. The molecule has 1 saturated heterocycles. The number of ether oxygens (including phenoxy) is 1. The third-order valence-electron chi connectivity index (χ3n) is 4.17. The van der Waals surface area contributed by atoms with Crippen LogP contribution in [0, 0.1) is 17.0 Å². The fourth-order valence-corrected chi connectivity index (χ4v) is 2.76. The molecule has 8 nitrogen and oxygen atoms in total. The highest BCUT2D eigenvalue weighted by Gasteiger charge is 2.22. The number of amides is 1. The highest BCUT2D eigenvalue weighted by atomic mass is 16.6. The summed E-state index contributed by atoms with van der Waals surface area (Å²) >= 11 is 0. The van der Waals surface area contributed by atoms with Crippen molar-refractivity contribution in [2.24, 2.45) is 0 Å². The van der Waals surface area contributed by atoms with Gasteiger partial charge >= 0.3 is 5.69 Å². The van der Waals surface area contributed by atoms with E-state index < -0.39 is 4.92 Å². The van der Waals surface area contributed by atoms with Gasteiger partial charge in [0.2, 0.25) is 5.76 Å². The molecule has 1 fully saturated rings. The normalized spacial score (nSPS) is 14.1. The number of nitro groups is 1. The summed E-state index contributed by atoms with van der Waals surface area (Å²) < 4.78 is 10.5. The molecule has 8 heteroatoms. The lowest BCUT2D eigenvalue weighted by Crippen LogP contribution is -2.32. The predicted molar refractivity (Wildman–Crippen MR) is 94.6 cm³/mol. The fraction of sp³-hybridized carbons (Fsp3) is 0.333. The number of likely N-dealkylation sites (tertiary alicyclic amines) is 1. The number of benzene rings is 1. The minimum Gasteiger partial charge on any atom is -0.484 e. The Morgan fingerprint density at radius 2 is 2.00 bits per heavy atom. The molecule has 0 atom stereocenters. The van der Waals surface area contributed by atoms with Gasteiger partial charge in [-0.2, -0.15) is 0 Å². The van der Waals surface area contributed by atoms with Crippen molar-refractivity contribution >= 4 is 23.7 Å². The van der Waals surface area contributed by atoms with Gasteiger partial charge in [-0.1, -0.05) is 23.4 Å². The molecule has 26 heavy (non-hydrogen) atoms. The van der Waals surface area contributed by atoms with Crippen molar-refractivity contribution in [3.05, 3.63) is 51.4 Å². The van der Waals surface area contributed by atoms with Crippen molar-refractivity contribution in [2.75, 3.05) is 19.7 Å². The number of carbonyl (C=O) groups excluding carboxylic acids is 1. The first kappa shape index (κ1) is 17.7. The van der Waals surface area contributed by atoms with Gasteiger partial charge < -0.3 is 14.2 Å². The second-order valence-electron chi connectivity index (χ2n) is 6.02. The zero-order chi connectivity index (χ0) is 18.5. The van der Waals surface area contributed by atoms with E-state index in [4.69, 9.17) is 9.26 Å². The maximum atomic E-state index is 12.0. The summed E-state index contributed by atoms with van der Waals surface area (Å²) in [7, 11) is 0. The van der Waals surface area contributed by atoms with Gasteiger partial charge in [-0.05, 0) is 43.5 Å². The van der Waals surface area contributed by atoms with Crippen LogP contribution in [0.5, 0.6) is 5.75 Å². The zero-order valence-corrected chi connectivity index (χ0v) is 14.4. The molecule has 1 aliphatic heterocycles. The van der Waals surface area contributed by atoms with Crippen LogP contribution in [0.1, 0.15) is 29.9 Å². The van der Waals surface area contributed by atoms with Crippen LogP contribution in [-0.4, -0.2) is 40.6 Å². The molecule has 2 heterocycles. The van der Waals surface area contributed by atoms with Crippen LogP contribution >= 0.6 is 0 Å². The lowest BCUT2D eigenvalue weighted by atomic mass is 10.2. The average Bonchev–Trinajstić information content (AvgIpc) is 3.28. The minimum absolute atomic E-state index is 0.000490. The van der Waals surface area contributed by atoms with Gasteiger partial charge in [-0.15, -0.1) is 0 Å². The Kier molecular flexibility index (Phi) is 5.31. The molecule has 136 valence electrons. The molecule has 0 unspecified atom stereocenters. The van der Waals surface area contributed by atoms with Crippen molar-refractivity contribution in [2.45, 2.75) is 19.8 Å². The van der Waals surface area contributed by atoms with E-state index >= 15 is 0 Å². The number of aryl methyl sites for hydroxylation is 1. The Labute approximate surface area is 150 Å². The lowest BCUT2D eigenvalue weighted by Gasteiger charge is -2.15. The lowest BCUT2D eigenvalue weighted by molar-refractivity contribution is -0.386. The fourth-order valence-electron chi connectivity index (χ4n) is 2.76. The molecule has 1 aliphatic rings. The van der Waals surface area contributed by atoms with Crippen LogP contribution < -0.4 is 4.74 Å². The summed E-state index contributed by atoms with van der Waals surface area (Å²) in [5.74, 6) is 0.694. The summed E-state index contributed by atoms with van der Waals surface area (Å²) in [6.45, 7) is 3.16. The van der Waals surface area contributed by atoms with Gasteiger partial charge in [0.1, 0.15) is 5.75 Å². The van der Waals surface area contributed by atoms with Gasteiger partial charge in [0.15, 0.2) is 12.3 Å². The van der Waals surface area contributed by atoms with Crippen molar-refractivity contribution in [1.82, 2.24) is 10.1 Å². The molecule has 2 aromatic rings. The second-order valence-corrected chi connectivity index (χ2v) is 6.02. The molecular weight excluding hydrogens is 338 g/mol. The number of nitrogens with zero attached hydrogens (tertiary/aromatic N) is 3. The number of rotatable bonds is 6. The van der Waals surface area contributed by atoms with E-state index in [0.29, 0.717) is 5.75 Å². The van der Waals surface area contributed by atoms with Crippen molar-refractivity contribution in [3.63, 3.8) is 0 Å². The van der Waals surface area contributed by atoms with Gasteiger partial charge in [0.25, 0.3) is 5.91 Å². The third-order valence-corrected chi connectivity index (χ3v) is 4.17. The first-order valence-corrected chi connectivity index (χ1v) is 8.34. The smallest absolute Gasteiger partial charge is 0.338 e. The SMILES string of the molecule is Cc1noc(C=Cc2ccc(OCC(=O)N3CCCC3)cc2)c1[N+](=O)[O-]. The average molecular weight is 357 g/mol. The maximum absolute atomic E-state index is 12.0. The molecule has 1 aromatic carbocycles.